The molecule has 1 aromatic heterocycles. The number of carbonyl (C=O) groups excluding carboxylic acids is 1. The monoisotopic (exact) mass is 486 g/mol. The Morgan fingerprint density at radius 3 is 2.89 bits per heavy atom. The van der Waals surface area contributed by atoms with E-state index in [1.807, 2.05) is 11.8 Å². The molecule has 2 fully saturated rings. The van der Waals surface area contributed by atoms with Crippen molar-refractivity contribution in [2.75, 3.05) is 37.7 Å². The minimum atomic E-state index is -1.59. The van der Waals surface area contributed by atoms with Gasteiger partial charge in [-0.1, -0.05) is 23.4 Å². The van der Waals surface area contributed by atoms with Gasteiger partial charge in [-0.3, -0.25) is 0 Å². The zero-order valence-corrected chi connectivity index (χ0v) is 19.2. The SMILES string of the molecule is CC(ON=C1CN(c2ncc(-c3cccc(CN=C(N)NC(=O)[O-])c3F)cn2)C1)C1C[NH2+]CCO1. The average Bonchev–Trinajstić information content (AvgIpc) is 2.83. The molecule has 12 nitrogen and oxygen atoms in total. The van der Waals surface area contributed by atoms with E-state index in [1.165, 1.54) is 6.07 Å². The molecule has 1 amide bonds. The van der Waals surface area contributed by atoms with Gasteiger partial charge in [0.2, 0.25) is 5.95 Å². The summed E-state index contributed by atoms with van der Waals surface area (Å²) < 4.78 is 20.7. The van der Waals surface area contributed by atoms with E-state index in [0.29, 0.717) is 30.2 Å². The van der Waals surface area contributed by atoms with Crippen molar-refractivity contribution in [2.24, 2.45) is 15.9 Å². The molecular weight excluding hydrogens is 459 g/mol. The highest BCUT2D eigenvalue weighted by Gasteiger charge is 2.28. The Labute approximate surface area is 201 Å². The molecule has 1 aromatic carbocycles. The summed E-state index contributed by atoms with van der Waals surface area (Å²) >= 11 is 0. The number of hydrogen-bond donors (Lipinski definition) is 3. The summed E-state index contributed by atoms with van der Waals surface area (Å²) in [5.41, 5.74) is 7.33. The summed E-state index contributed by atoms with van der Waals surface area (Å²) in [4.78, 5) is 30.5. The molecular formula is C22H27FN8O4. The van der Waals surface area contributed by atoms with Crippen LogP contribution in [0, 0.1) is 5.82 Å². The van der Waals surface area contributed by atoms with Crippen LogP contribution in [-0.4, -0.2) is 72.7 Å². The van der Waals surface area contributed by atoms with Gasteiger partial charge in [-0.15, -0.1) is 0 Å². The number of hydrogen-bond acceptors (Lipinski definition) is 9. The number of aliphatic imine (C=N–C) groups is 1. The van der Waals surface area contributed by atoms with Gasteiger partial charge in [0.05, 0.1) is 38.5 Å². The molecule has 2 aliphatic heterocycles. The summed E-state index contributed by atoms with van der Waals surface area (Å²) in [6, 6.07) is 4.80. The summed E-state index contributed by atoms with van der Waals surface area (Å²) in [6.45, 7) is 5.45. The third-order valence-electron chi connectivity index (χ3n) is 5.63. The first-order valence-corrected chi connectivity index (χ1v) is 11.2. The van der Waals surface area contributed by atoms with Crippen LogP contribution in [0.1, 0.15) is 12.5 Å². The molecule has 13 heteroatoms. The van der Waals surface area contributed by atoms with E-state index in [1.54, 1.807) is 29.8 Å². The molecule has 0 aliphatic carbocycles. The molecule has 2 unspecified atom stereocenters. The van der Waals surface area contributed by atoms with Gasteiger partial charge < -0.3 is 40.7 Å². The van der Waals surface area contributed by atoms with E-state index in [2.05, 4.69) is 25.4 Å². The number of ether oxygens (including phenoxy) is 1. The predicted octanol–water partition coefficient (Wildman–Crippen LogP) is -1.43. The van der Waals surface area contributed by atoms with Crippen LogP contribution in [0.25, 0.3) is 11.1 Å². The van der Waals surface area contributed by atoms with Gasteiger partial charge in [0.25, 0.3) is 0 Å². The van der Waals surface area contributed by atoms with Crippen molar-refractivity contribution in [1.29, 1.82) is 0 Å². The Morgan fingerprint density at radius 1 is 1.43 bits per heavy atom. The number of halogens is 1. The molecule has 4 rings (SSSR count). The number of aromatic nitrogens is 2. The lowest BCUT2D eigenvalue weighted by Gasteiger charge is -2.32. The summed E-state index contributed by atoms with van der Waals surface area (Å²) in [5.74, 6) is -0.382. The second kappa shape index (κ2) is 11.1. The number of carbonyl (C=O) groups is 1. The van der Waals surface area contributed by atoms with Crippen molar-refractivity contribution in [3.8, 4) is 11.1 Å². The molecule has 0 radical (unpaired) electrons. The molecule has 0 bridgehead atoms. The zero-order chi connectivity index (χ0) is 24.8. The van der Waals surface area contributed by atoms with Crippen LogP contribution >= 0.6 is 0 Å². The van der Waals surface area contributed by atoms with Crippen LogP contribution in [0.4, 0.5) is 15.1 Å². The lowest BCUT2D eigenvalue weighted by molar-refractivity contribution is -0.678. The van der Waals surface area contributed by atoms with E-state index < -0.39 is 11.9 Å². The standard InChI is InChI=1S/C22H27FN8O4/c1-13(18-10-25-5-6-34-18)35-30-16-11-31(12-16)21-27-8-15(9-28-21)17-4-2-3-14(19(17)23)7-26-20(24)29-22(32)33/h2-4,8-9,13,18,25H,5-7,10-12H2,1H3,(H,32,33)(H3,24,26,29). The number of nitrogens with two attached hydrogens (primary N) is 2. The molecule has 2 aromatic rings. The van der Waals surface area contributed by atoms with E-state index in [4.69, 9.17) is 15.3 Å². The first-order chi connectivity index (χ1) is 16.9. The molecule has 2 atom stereocenters. The first-order valence-electron chi connectivity index (χ1n) is 11.2. The van der Waals surface area contributed by atoms with Gasteiger partial charge in [0, 0.05) is 29.1 Å². The Hall–Kier alpha value is -3.84. The summed E-state index contributed by atoms with van der Waals surface area (Å²) in [5, 5.41) is 18.7. The second-order valence-electron chi connectivity index (χ2n) is 8.21. The van der Waals surface area contributed by atoms with Crippen molar-refractivity contribution >= 4 is 23.7 Å². The number of carboxylic acid groups (broad SMARTS) is 1. The number of benzene rings is 1. The van der Waals surface area contributed by atoms with Gasteiger partial charge in [0.15, 0.2) is 12.1 Å². The Morgan fingerprint density at radius 2 is 2.20 bits per heavy atom. The number of quaternary nitrogens is 1. The molecule has 3 heterocycles. The van der Waals surface area contributed by atoms with Crippen LogP contribution in [0.15, 0.2) is 40.7 Å². The fourth-order valence-corrected chi connectivity index (χ4v) is 3.66. The average molecular weight is 487 g/mol. The predicted molar refractivity (Wildman–Crippen MR) is 123 cm³/mol. The van der Waals surface area contributed by atoms with Crippen LogP contribution in [0.2, 0.25) is 0 Å². The summed E-state index contributed by atoms with van der Waals surface area (Å²) in [6.07, 6.45) is 1.41. The highest BCUT2D eigenvalue weighted by atomic mass is 19.1. The molecule has 2 aliphatic rings. The van der Waals surface area contributed by atoms with Gasteiger partial charge >= 0.3 is 0 Å². The van der Waals surface area contributed by atoms with Gasteiger partial charge in [-0.2, -0.15) is 0 Å². The number of morpholine rings is 1. The third kappa shape index (κ3) is 6.19. The highest BCUT2D eigenvalue weighted by molar-refractivity contribution is 5.98. The number of oxime groups is 1. The quantitative estimate of drug-likeness (QED) is 0.243. The molecule has 0 spiro atoms. The van der Waals surface area contributed by atoms with E-state index in [0.717, 1.165) is 25.4 Å². The van der Waals surface area contributed by atoms with Crippen molar-refractivity contribution < 1.29 is 29.2 Å². The maximum absolute atomic E-state index is 15.0. The highest BCUT2D eigenvalue weighted by Crippen LogP contribution is 2.26. The molecule has 186 valence electrons. The Bertz CT molecular complexity index is 1100. The lowest BCUT2D eigenvalue weighted by atomic mass is 10.0. The first kappa shape index (κ1) is 24.3. The number of amides is 1. The summed E-state index contributed by atoms with van der Waals surface area (Å²) in [7, 11) is 0. The van der Waals surface area contributed by atoms with Crippen LogP contribution in [0.5, 0.6) is 0 Å². The van der Waals surface area contributed by atoms with Gasteiger partial charge in [-0.25, -0.2) is 19.4 Å². The lowest BCUT2D eigenvalue weighted by Crippen LogP contribution is -2.90. The molecule has 0 saturated carbocycles. The number of nitrogens with one attached hydrogen (secondary N) is 1. The van der Waals surface area contributed by atoms with Crippen molar-refractivity contribution in [3.05, 3.63) is 42.0 Å². The van der Waals surface area contributed by atoms with Crippen LogP contribution in [-0.2, 0) is 16.1 Å². The topological polar surface area (TPSA) is 167 Å². The maximum atomic E-state index is 15.0. The Kier molecular flexibility index (Phi) is 7.67. The fraction of sp³-hybridized carbons (Fsp3) is 0.409. The van der Waals surface area contributed by atoms with Gasteiger partial charge in [0.1, 0.15) is 24.6 Å². The van der Waals surface area contributed by atoms with Crippen molar-refractivity contribution in [1.82, 2.24) is 15.3 Å². The molecule has 35 heavy (non-hydrogen) atoms. The number of anilines is 1. The number of rotatable bonds is 7. The minimum absolute atomic E-state index is 0.0296. The fourth-order valence-electron chi connectivity index (χ4n) is 3.66. The Balaban J connectivity index is 1.34. The number of nitrogens with zero attached hydrogens (tertiary/aromatic N) is 5. The van der Waals surface area contributed by atoms with E-state index in [-0.39, 0.29) is 30.3 Å². The molecule has 2 saturated heterocycles. The maximum Gasteiger partial charge on any atom is 0.225 e. The second-order valence-corrected chi connectivity index (χ2v) is 8.21. The largest absolute Gasteiger partial charge is 0.530 e. The van der Waals surface area contributed by atoms with Crippen LogP contribution in [0.3, 0.4) is 0 Å². The van der Waals surface area contributed by atoms with Crippen LogP contribution < -0.4 is 26.4 Å². The van der Waals surface area contributed by atoms with Crippen molar-refractivity contribution in [2.45, 2.75) is 25.7 Å². The normalized spacial score (nSPS) is 19.0. The third-order valence-corrected chi connectivity index (χ3v) is 5.63. The number of guanidine groups is 1. The van der Waals surface area contributed by atoms with Gasteiger partial charge in [-0.05, 0) is 6.92 Å². The van der Waals surface area contributed by atoms with Crippen molar-refractivity contribution in [3.63, 3.8) is 0 Å². The van der Waals surface area contributed by atoms with E-state index >= 15 is 0 Å². The minimum Gasteiger partial charge on any atom is -0.530 e. The zero-order valence-electron chi connectivity index (χ0n) is 19.2. The van der Waals surface area contributed by atoms with E-state index in [9.17, 15) is 14.3 Å². The molecule has 5 N–H and O–H groups in total. The smallest absolute Gasteiger partial charge is 0.225 e.